The first-order valence-corrected chi connectivity index (χ1v) is 3.42. The van der Waals surface area contributed by atoms with Gasteiger partial charge in [0.15, 0.2) is 0 Å². The minimum Gasteiger partial charge on any atom is -0.133 e. The summed E-state index contributed by atoms with van der Waals surface area (Å²) in [5, 5.41) is 0. The van der Waals surface area contributed by atoms with Crippen LogP contribution in [0.1, 0.15) is 0 Å². The molecule has 0 rings (SSSR count). The molecule has 0 aromatic carbocycles. The maximum absolute atomic E-state index is 9.50. The summed E-state index contributed by atoms with van der Waals surface area (Å²) in [6.45, 7) is 0. The monoisotopic (exact) mass is 127 g/mol. The molecule has 0 aromatic rings. The predicted octanol–water partition coefficient (Wildman–Crippen LogP) is 0.931. The Hall–Kier alpha value is 0.370. The fourth-order valence-corrected chi connectivity index (χ4v) is 0.574. The van der Waals surface area contributed by atoms with E-state index < -0.39 is 8.25 Å². The zero-order valence-corrected chi connectivity index (χ0v) is 4.83. The molecule has 0 saturated heterocycles. The highest BCUT2D eigenvalue weighted by Gasteiger charge is 2.08. The summed E-state index contributed by atoms with van der Waals surface area (Å²) < 4.78 is 13.5. The van der Waals surface area contributed by atoms with Gasteiger partial charge in [0.2, 0.25) is 0 Å². The molecule has 0 saturated carbocycles. The molecule has 36 valence electrons. The average molecular weight is 127 g/mol. The Bertz CT molecular complexity index is 54.8. The van der Waals surface area contributed by atoms with Crippen LogP contribution in [-0.2, 0) is 8.54 Å². The molecule has 1 unspecified atom stereocenters. The van der Waals surface area contributed by atoms with Crippen LogP contribution in [0.15, 0.2) is 0 Å². The lowest BCUT2D eigenvalue weighted by molar-refractivity contribution is 0.433. The molecular formula is CH4O3PS+. The van der Waals surface area contributed by atoms with Crippen molar-refractivity contribution in [1.29, 1.82) is 0 Å². The van der Waals surface area contributed by atoms with Crippen molar-refractivity contribution in [2.45, 2.75) is 0 Å². The molecule has 3 nitrogen and oxygen atoms in total. The van der Waals surface area contributed by atoms with Gasteiger partial charge in [-0.25, -0.2) is 0 Å². The molecule has 6 heavy (non-hydrogen) atoms. The van der Waals surface area contributed by atoms with Crippen LogP contribution in [0, 0.1) is 0 Å². The second-order valence-electron chi connectivity index (χ2n) is 0.479. The highest BCUT2D eigenvalue weighted by atomic mass is 32.2. The first-order valence-electron chi connectivity index (χ1n) is 1.14. The van der Waals surface area contributed by atoms with E-state index >= 15 is 0 Å². The summed E-state index contributed by atoms with van der Waals surface area (Å²) in [6, 6.07) is 0. The van der Waals surface area contributed by atoms with E-state index in [1.54, 1.807) is 6.26 Å². The van der Waals surface area contributed by atoms with E-state index in [1.165, 1.54) is 0 Å². The Labute approximate surface area is 40.9 Å². The molecule has 0 bridgehead atoms. The van der Waals surface area contributed by atoms with Crippen LogP contribution in [0.25, 0.3) is 0 Å². The number of hydrogen-bond acceptors (Lipinski definition) is 3. The van der Waals surface area contributed by atoms with Crippen molar-refractivity contribution in [3.05, 3.63) is 0 Å². The summed E-state index contributed by atoms with van der Waals surface area (Å²) in [7, 11) is -2.39. The molecular weight excluding hydrogens is 123 g/mol. The zero-order valence-electron chi connectivity index (χ0n) is 3.12. The van der Waals surface area contributed by atoms with Gasteiger partial charge < -0.3 is 0 Å². The second kappa shape index (κ2) is 3.56. The molecule has 0 radical (unpaired) electrons. The molecule has 0 aliphatic carbocycles. The van der Waals surface area contributed by atoms with Gasteiger partial charge in [-0.05, 0) is 3.97 Å². The fourth-order valence-electron chi connectivity index (χ4n) is 0.0638. The first-order chi connectivity index (χ1) is 2.77. The predicted molar refractivity (Wildman–Crippen MR) is 24.4 cm³/mol. The Morgan fingerprint density at radius 1 is 2.00 bits per heavy atom. The SMILES string of the molecule is CSO[P+](=O)O. The lowest BCUT2D eigenvalue weighted by Crippen LogP contribution is -1.55. The third kappa shape index (κ3) is 4.37. The van der Waals surface area contributed by atoms with Crippen LogP contribution in [0.4, 0.5) is 0 Å². The van der Waals surface area contributed by atoms with Crippen molar-refractivity contribution in [3.8, 4) is 0 Å². The van der Waals surface area contributed by atoms with Crippen molar-refractivity contribution in [2.75, 3.05) is 6.26 Å². The molecule has 1 atom stereocenters. The van der Waals surface area contributed by atoms with Crippen molar-refractivity contribution >= 4 is 20.3 Å². The van der Waals surface area contributed by atoms with Crippen molar-refractivity contribution < 1.29 is 13.4 Å². The molecule has 0 spiro atoms. The minimum absolute atomic E-state index is 0.876. The largest absolute Gasteiger partial charge is 0.707 e. The Balaban J connectivity index is 2.83. The van der Waals surface area contributed by atoms with Crippen LogP contribution >= 0.6 is 20.3 Å². The lowest BCUT2D eigenvalue weighted by atomic mass is 12.0. The van der Waals surface area contributed by atoms with Gasteiger partial charge in [0, 0.05) is 10.8 Å². The number of hydrogen-bond donors (Lipinski definition) is 1. The van der Waals surface area contributed by atoms with E-state index in [-0.39, 0.29) is 0 Å². The van der Waals surface area contributed by atoms with Gasteiger partial charge in [-0.15, -0.1) is 4.89 Å². The standard InChI is InChI=1S/CH3O3PS/c1-6-4-5(2)3/h1H3/p+1. The van der Waals surface area contributed by atoms with Crippen LogP contribution < -0.4 is 0 Å². The summed E-state index contributed by atoms with van der Waals surface area (Å²) in [5.74, 6) is 0. The Morgan fingerprint density at radius 3 is 2.50 bits per heavy atom. The van der Waals surface area contributed by atoms with E-state index in [0.29, 0.717) is 0 Å². The van der Waals surface area contributed by atoms with Crippen LogP contribution in [0.3, 0.4) is 0 Å². The summed E-state index contributed by atoms with van der Waals surface area (Å²) in [4.78, 5) is 7.82. The Morgan fingerprint density at radius 2 is 2.50 bits per heavy atom. The summed E-state index contributed by atoms with van der Waals surface area (Å²) >= 11 is 0.876. The maximum Gasteiger partial charge on any atom is 0.707 e. The van der Waals surface area contributed by atoms with Crippen molar-refractivity contribution in [1.82, 2.24) is 0 Å². The van der Waals surface area contributed by atoms with E-state index in [1.807, 2.05) is 0 Å². The van der Waals surface area contributed by atoms with Crippen LogP contribution in [0.2, 0.25) is 0 Å². The molecule has 0 aliphatic rings. The molecule has 0 fully saturated rings. The highest BCUT2D eigenvalue weighted by molar-refractivity contribution is 7.96. The van der Waals surface area contributed by atoms with Crippen LogP contribution in [-0.4, -0.2) is 11.1 Å². The third-order valence-electron chi connectivity index (χ3n) is 0.138. The van der Waals surface area contributed by atoms with Gasteiger partial charge in [0.05, 0.1) is 12.0 Å². The molecule has 0 amide bonds. The van der Waals surface area contributed by atoms with Crippen molar-refractivity contribution in [2.24, 2.45) is 0 Å². The molecule has 0 heterocycles. The zero-order chi connectivity index (χ0) is 4.99. The quantitative estimate of drug-likeness (QED) is 0.442. The van der Waals surface area contributed by atoms with Crippen molar-refractivity contribution in [3.63, 3.8) is 0 Å². The topological polar surface area (TPSA) is 46.5 Å². The average Bonchev–Trinajstić information content (AvgIpc) is 1.35. The van der Waals surface area contributed by atoms with Gasteiger partial charge in [0.25, 0.3) is 0 Å². The van der Waals surface area contributed by atoms with E-state index in [0.717, 1.165) is 12.0 Å². The van der Waals surface area contributed by atoms with Gasteiger partial charge in [-0.1, -0.05) is 0 Å². The van der Waals surface area contributed by atoms with Gasteiger partial charge in [-0.3, -0.25) is 0 Å². The first kappa shape index (κ1) is 6.37. The van der Waals surface area contributed by atoms with E-state index in [2.05, 4.69) is 3.97 Å². The summed E-state index contributed by atoms with van der Waals surface area (Å²) in [5.41, 5.74) is 0. The van der Waals surface area contributed by atoms with E-state index in [9.17, 15) is 4.57 Å². The van der Waals surface area contributed by atoms with Crippen LogP contribution in [0.5, 0.6) is 0 Å². The minimum atomic E-state index is -2.39. The smallest absolute Gasteiger partial charge is 0.133 e. The second-order valence-corrected chi connectivity index (χ2v) is 1.88. The summed E-state index contributed by atoms with van der Waals surface area (Å²) in [6.07, 6.45) is 1.57. The highest BCUT2D eigenvalue weighted by Crippen LogP contribution is 2.20. The normalized spacial score (nSPS) is 11.3. The molecule has 0 aromatic heterocycles. The molecule has 0 aliphatic heterocycles. The maximum atomic E-state index is 9.50. The number of rotatable bonds is 2. The van der Waals surface area contributed by atoms with Gasteiger partial charge >= 0.3 is 8.25 Å². The van der Waals surface area contributed by atoms with Gasteiger partial charge in [0.1, 0.15) is 0 Å². The molecule has 5 heteroatoms. The Kier molecular flexibility index (Phi) is 3.78. The van der Waals surface area contributed by atoms with E-state index in [4.69, 9.17) is 4.89 Å². The fraction of sp³-hybridized carbons (Fsp3) is 1.00. The third-order valence-corrected chi connectivity index (χ3v) is 1.24. The van der Waals surface area contributed by atoms with Gasteiger partial charge in [-0.2, -0.15) is 0 Å². The lowest BCUT2D eigenvalue weighted by Gasteiger charge is -1.66. The molecule has 1 N–H and O–H groups in total.